The summed E-state index contributed by atoms with van der Waals surface area (Å²) in [5.74, 6) is -0.771. The number of benzene rings is 2. The summed E-state index contributed by atoms with van der Waals surface area (Å²) >= 11 is 0. The Morgan fingerprint density at radius 1 is 1.16 bits per heavy atom. The van der Waals surface area contributed by atoms with Crippen molar-refractivity contribution in [2.45, 2.75) is 48.6 Å². The van der Waals surface area contributed by atoms with Crippen LogP contribution in [0, 0.1) is 11.3 Å². The molecule has 3 N–H and O–H groups in total. The Bertz CT molecular complexity index is 1690. The first-order chi connectivity index (χ1) is 20.9. The maximum atomic E-state index is 13.8. The number of carbonyl (C=O) groups is 2. The predicted molar refractivity (Wildman–Crippen MR) is 165 cm³/mol. The van der Waals surface area contributed by atoms with E-state index in [4.69, 9.17) is 10.5 Å². The Hall–Kier alpha value is -4.05. The van der Waals surface area contributed by atoms with E-state index in [1.165, 1.54) is 4.68 Å². The molecule has 11 nitrogen and oxygen atoms in total. The number of hydrogen-bond donors (Lipinski definition) is 2. The SMILES string of the molecule is Cn1nc(C(=O)NC(c2ccccc2)c2ccc(C#N)cc2)c2c1C(=O)N(CC1(S(=O)(=O)C(C)(C)COCCN)CC1)CC2. The van der Waals surface area contributed by atoms with Crippen LogP contribution >= 0.6 is 0 Å². The van der Waals surface area contributed by atoms with Gasteiger partial charge in [0.05, 0.1) is 40.4 Å². The molecule has 0 saturated heterocycles. The molecular formula is C32H38N6O5S. The van der Waals surface area contributed by atoms with Crippen molar-refractivity contribution in [3.63, 3.8) is 0 Å². The van der Waals surface area contributed by atoms with Gasteiger partial charge in [0.2, 0.25) is 0 Å². The minimum absolute atomic E-state index is 0.0268. The van der Waals surface area contributed by atoms with Gasteiger partial charge < -0.3 is 20.7 Å². The van der Waals surface area contributed by atoms with Crippen LogP contribution in [0.15, 0.2) is 54.6 Å². The first-order valence-corrected chi connectivity index (χ1v) is 16.2. The quantitative estimate of drug-likeness (QED) is 0.293. The van der Waals surface area contributed by atoms with Gasteiger partial charge in [-0.15, -0.1) is 0 Å². The summed E-state index contributed by atoms with van der Waals surface area (Å²) in [6.45, 7) is 4.27. The topological polar surface area (TPSA) is 160 Å². The highest BCUT2D eigenvalue weighted by atomic mass is 32.2. The summed E-state index contributed by atoms with van der Waals surface area (Å²) in [7, 11) is -2.04. The van der Waals surface area contributed by atoms with Crippen molar-refractivity contribution in [3.8, 4) is 6.07 Å². The minimum atomic E-state index is -3.66. The van der Waals surface area contributed by atoms with Gasteiger partial charge in [-0.3, -0.25) is 14.3 Å². The fourth-order valence-corrected chi connectivity index (χ4v) is 8.30. The smallest absolute Gasteiger partial charge is 0.272 e. The highest BCUT2D eigenvalue weighted by Gasteiger charge is 2.61. The van der Waals surface area contributed by atoms with Crippen LogP contribution in [0.4, 0.5) is 0 Å². The number of hydrogen-bond acceptors (Lipinski definition) is 8. The molecule has 2 heterocycles. The maximum Gasteiger partial charge on any atom is 0.272 e. The summed E-state index contributed by atoms with van der Waals surface area (Å²) in [5, 5.41) is 16.7. The number of ether oxygens (including phenoxy) is 1. The molecule has 2 amide bonds. The van der Waals surface area contributed by atoms with Crippen LogP contribution in [0.1, 0.15) is 76.0 Å². The first kappa shape index (κ1) is 31.4. The maximum absolute atomic E-state index is 13.8. The molecule has 1 aliphatic heterocycles. The lowest BCUT2D eigenvalue weighted by Crippen LogP contribution is -2.52. The standard InChI is InChI=1S/C32H38N6O5S/c1-31(2,21-43-18-16-33)44(41,42)32(14-15-32)20-38-17-13-25-27(36-37(3)28(25)30(38)40)29(39)35-26(23-7-5-4-6-8-23)24-11-9-22(19-34)10-12-24/h4-12,26H,13-18,20-21,33H2,1-3H3,(H,35,39). The lowest BCUT2D eigenvalue weighted by molar-refractivity contribution is 0.0723. The lowest BCUT2D eigenvalue weighted by atomic mass is 9.97. The Labute approximate surface area is 257 Å². The number of nitrogens with zero attached hydrogens (tertiary/aromatic N) is 4. The Morgan fingerprint density at radius 3 is 2.43 bits per heavy atom. The average Bonchev–Trinajstić information content (AvgIpc) is 3.73. The van der Waals surface area contributed by atoms with Gasteiger partial charge in [0.1, 0.15) is 5.69 Å². The van der Waals surface area contributed by atoms with E-state index in [1.807, 2.05) is 30.3 Å². The predicted octanol–water partition coefficient (Wildman–Crippen LogP) is 2.51. The van der Waals surface area contributed by atoms with Crippen molar-refractivity contribution in [3.05, 3.63) is 88.2 Å². The van der Waals surface area contributed by atoms with Gasteiger partial charge in [-0.1, -0.05) is 42.5 Å². The zero-order valence-corrected chi connectivity index (χ0v) is 26.1. The molecule has 0 spiro atoms. The molecule has 2 aliphatic rings. The summed E-state index contributed by atoms with van der Waals surface area (Å²) in [6.07, 6.45) is 1.31. The second-order valence-electron chi connectivity index (χ2n) is 12.1. The Morgan fingerprint density at radius 2 is 1.82 bits per heavy atom. The van der Waals surface area contributed by atoms with Crippen molar-refractivity contribution < 1.29 is 22.7 Å². The van der Waals surface area contributed by atoms with Crippen LogP contribution < -0.4 is 11.1 Å². The second-order valence-corrected chi connectivity index (χ2v) is 15.1. The number of aryl methyl sites for hydroxylation is 1. The molecule has 12 heteroatoms. The number of amides is 2. The average molecular weight is 619 g/mol. The fourth-order valence-electron chi connectivity index (χ4n) is 5.92. The summed E-state index contributed by atoms with van der Waals surface area (Å²) in [6, 6.07) is 18.1. The summed E-state index contributed by atoms with van der Waals surface area (Å²) in [4.78, 5) is 29.1. The molecule has 0 radical (unpaired) electrons. The van der Waals surface area contributed by atoms with Crippen molar-refractivity contribution in [2.75, 3.05) is 32.8 Å². The zero-order valence-electron chi connectivity index (χ0n) is 25.2. The van der Waals surface area contributed by atoms with Crippen LogP contribution in [0.2, 0.25) is 0 Å². The van der Waals surface area contributed by atoms with Crippen molar-refractivity contribution >= 4 is 21.7 Å². The van der Waals surface area contributed by atoms with Crippen LogP contribution in [0.5, 0.6) is 0 Å². The number of carbonyl (C=O) groups excluding carboxylic acids is 2. The monoisotopic (exact) mass is 618 g/mol. The molecule has 1 atom stereocenters. The Kier molecular flexibility index (Phi) is 8.66. The van der Waals surface area contributed by atoms with Gasteiger partial charge in [0.25, 0.3) is 11.8 Å². The number of rotatable bonds is 12. The number of nitrogens with two attached hydrogens (primary N) is 1. The van der Waals surface area contributed by atoms with E-state index in [0.717, 1.165) is 11.1 Å². The lowest BCUT2D eigenvalue weighted by Gasteiger charge is -2.35. The second kappa shape index (κ2) is 12.1. The van der Waals surface area contributed by atoms with E-state index >= 15 is 0 Å². The summed E-state index contributed by atoms with van der Waals surface area (Å²) < 4.78 is 32.3. The van der Waals surface area contributed by atoms with Gasteiger partial charge in [-0.25, -0.2) is 8.42 Å². The molecule has 1 saturated carbocycles. The van der Waals surface area contributed by atoms with Gasteiger partial charge in [0.15, 0.2) is 15.5 Å². The highest BCUT2D eigenvalue weighted by molar-refractivity contribution is 7.94. The zero-order chi connectivity index (χ0) is 31.7. The molecule has 1 fully saturated rings. The number of sulfone groups is 1. The van der Waals surface area contributed by atoms with E-state index in [-0.39, 0.29) is 43.6 Å². The van der Waals surface area contributed by atoms with E-state index in [0.29, 0.717) is 36.9 Å². The van der Waals surface area contributed by atoms with Gasteiger partial charge in [-0.05, 0) is 56.4 Å². The normalized spacial score (nSPS) is 16.6. The van der Waals surface area contributed by atoms with E-state index in [1.54, 1.807) is 50.1 Å². The number of nitrogens with one attached hydrogen (secondary N) is 1. The third-order valence-electron chi connectivity index (χ3n) is 8.56. The molecule has 232 valence electrons. The van der Waals surface area contributed by atoms with Crippen molar-refractivity contribution in [2.24, 2.45) is 12.8 Å². The van der Waals surface area contributed by atoms with E-state index in [9.17, 15) is 23.3 Å². The third kappa shape index (κ3) is 5.75. The highest BCUT2D eigenvalue weighted by Crippen LogP contribution is 2.49. The van der Waals surface area contributed by atoms with Crippen LogP contribution in [0.3, 0.4) is 0 Å². The van der Waals surface area contributed by atoms with E-state index in [2.05, 4.69) is 16.5 Å². The van der Waals surface area contributed by atoms with Gasteiger partial charge in [-0.2, -0.15) is 10.4 Å². The van der Waals surface area contributed by atoms with Gasteiger partial charge >= 0.3 is 0 Å². The molecule has 5 rings (SSSR count). The largest absolute Gasteiger partial charge is 0.379 e. The fraction of sp³-hybridized carbons (Fsp3) is 0.438. The Balaban J connectivity index is 1.37. The molecule has 3 aromatic rings. The van der Waals surface area contributed by atoms with Crippen LogP contribution in [0.25, 0.3) is 0 Å². The molecular weight excluding hydrogens is 580 g/mol. The van der Waals surface area contributed by atoms with Gasteiger partial charge in [0, 0.05) is 32.2 Å². The van der Waals surface area contributed by atoms with Crippen molar-refractivity contribution in [1.29, 1.82) is 5.26 Å². The first-order valence-electron chi connectivity index (χ1n) is 14.7. The number of aromatic nitrogens is 2. The molecule has 0 bridgehead atoms. The number of nitriles is 1. The van der Waals surface area contributed by atoms with Crippen LogP contribution in [-0.4, -0.2) is 77.3 Å². The number of fused-ring (bicyclic) bond motifs is 1. The van der Waals surface area contributed by atoms with Crippen LogP contribution in [-0.2, 0) is 28.0 Å². The van der Waals surface area contributed by atoms with Crippen molar-refractivity contribution in [1.82, 2.24) is 20.0 Å². The molecule has 1 aliphatic carbocycles. The molecule has 1 unspecified atom stereocenters. The molecule has 2 aromatic carbocycles. The third-order valence-corrected chi connectivity index (χ3v) is 11.8. The van der Waals surface area contributed by atoms with E-state index < -0.39 is 31.3 Å². The molecule has 44 heavy (non-hydrogen) atoms. The minimum Gasteiger partial charge on any atom is -0.379 e. The molecule has 1 aromatic heterocycles. The summed E-state index contributed by atoms with van der Waals surface area (Å²) in [5.41, 5.74) is 8.65.